The zero-order valence-electron chi connectivity index (χ0n) is 15.4. The standard InChI is InChI=1S/C21H17ClN2O5/c1-13-8-9-17(15(22)11-13)23-19(25)12-29-21(27)14-5-2-3-6-16(14)24-20(26)18-7-4-10-28-18/h2-11H,12H2,1H3,(H,23,25)(H,24,26). The minimum Gasteiger partial charge on any atom is -0.459 e. The van der Waals surface area contributed by atoms with Gasteiger partial charge in [0, 0.05) is 0 Å². The van der Waals surface area contributed by atoms with Crippen molar-refractivity contribution >= 4 is 40.8 Å². The van der Waals surface area contributed by atoms with Crippen LogP contribution in [0.15, 0.2) is 65.3 Å². The van der Waals surface area contributed by atoms with Gasteiger partial charge in [-0.15, -0.1) is 0 Å². The van der Waals surface area contributed by atoms with E-state index in [1.165, 1.54) is 18.4 Å². The first-order valence-electron chi connectivity index (χ1n) is 8.61. The highest BCUT2D eigenvalue weighted by Crippen LogP contribution is 2.23. The first-order valence-corrected chi connectivity index (χ1v) is 8.99. The van der Waals surface area contributed by atoms with Crippen molar-refractivity contribution in [3.05, 3.63) is 82.8 Å². The predicted octanol–water partition coefficient (Wildman–Crippen LogP) is 4.29. The fourth-order valence-electron chi connectivity index (χ4n) is 2.48. The molecule has 1 heterocycles. The molecule has 2 N–H and O–H groups in total. The van der Waals surface area contributed by atoms with Crippen LogP contribution in [0.1, 0.15) is 26.5 Å². The van der Waals surface area contributed by atoms with Gasteiger partial charge in [0.25, 0.3) is 11.8 Å². The average Bonchev–Trinajstić information content (AvgIpc) is 3.24. The Kier molecular flexibility index (Phi) is 6.31. The highest BCUT2D eigenvalue weighted by atomic mass is 35.5. The van der Waals surface area contributed by atoms with Crippen LogP contribution in [0.2, 0.25) is 5.02 Å². The summed E-state index contributed by atoms with van der Waals surface area (Å²) in [7, 11) is 0. The van der Waals surface area contributed by atoms with Crippen LogP contribution in [0.5, 0.6) is 0 Å². The van der Waals surface area contributed by atoms with Gasteiger partial charge in [0.15, 0.2) is 12.4 Å². The number of rotatable bonds is 6. The highest BCUT2D eigenvalue weighted by Gasteiger charge is 2.17. The lowest BCUT2D eigenvalue weighted by atomic mass is 10.1. The Bertz CT molecular complexity index is 1050. The van der Waals surface area contributed by atoms with Gasteiger partial charge in [0.05, 0.1) is 28.2 Å². The molecule has 1 aromatic heterocycles. The predicted molar refractivity (Wildman–Crippen MR) is 108 cm³/mol. The number of benzene rings is 2. The normalized spacial score (nSPS) is 10.3. The second-order valence-corrected chi connectivity index (χ2v) is 6.49. The first kappa shape index (κ1) is 20.2. The van der Waals surface area contributed by atoms with Crippen molar-refractivity contribution in [1.82, 2.24) is 0 Å². The van der Waals surface area contributed by atoms with E-state index >= 15 is 0 Å². The Hall–Kier alpha value is -3.58. The molecule has 0 aliphatic carbocycles. The van der Waals surface area contributed by atoms with Gasteiger partial charge in [-0.1, -0.05) is 29.8 Å². The largest absolute Gasteiger partial charge is 0.459 e. The SMILES string of the molecule is Cc1ccc(NC(=O)COC(=O)c2ccccc2NC(=O)c2ccco2)c(Cl)c1. The number of furan rings is 1. The van der Waals surface area contributed by atoms with Gasteiger partial charge < -0.3 is 19.8 Å². The van der Waals surface area contributed by atoms with Crippen LogP contribution in [-0.4, -0.2) is 24.4 Å². The zero-order valence-corrected chi connectivity index (χ0v) is 16.2. The summed E-state index contributed by atoms with van der Waals surface area (Å²) < 4.78 is 10.1. The van der Waals surface area contributed by atoms with Gasteiger partial charge in [-0.2, -0.15) is 0 Å². The van der Waals surface area contributed by atoms with Crippen molar-refractivity contribution < 1.29 is 23.5 Å². The van der Waals surface area contributed by atoms with Gasteiger partial charge >= 0.3 is 5.97 Å². The fraction of sp³-hybridized carbons (Fsp3) is 0.0952. The van der Waals surface area contributed by atoms with Gasteiger partial charge in [-0.25, -0.2) is 4.79 Å². The number of aryl methyl sites for hydroxylation is 1. The minimum absolute atomic E-state index is 0.0996. The summed E-state index contributed by atoms with van der Waals surface area (Å²) >= 11 is 6.07. The van der Waals surface area contributed by atoms with Crippen LogP contribution >= 0.6 is 11.6 Å². The van der Waals surface area contributed by atoms with E-state index in [0.717, 1.165) is 5.56 Å². The molecule has 3 rings (SSSR count). The Morgan fingerprint density at radius 2 is 1.79 bits per heavy atom. The van der Waals surface area contributed by atoms with Crippen LogP contribution in [0.3, 0.4) is 0 Å². The summed E-state index contributed by atoms with van der Waals surface area (Å²) in [5, 5.41) is 5.55. The quantitative estimate of drug-likeness (QED) is 0.588. The number of ether oxygens (including phenoxy) is 1. The summed E-state index contributed by atoms with van der Waals surface area (Å²) in [6, 6.07) is 14.5. The number of anilines is 2. The summed E-state index contributed by atoms with van der Waals surface area (Å²) in [5.74, 6) is -1.71. The number of para-hydroxylation sites is 1. The van der Waals surface area contributed by atoms with E-state index in [1.54, 1.807) is 42.5 Å². The fourth-order valence-corrected chi connectivity index (χ4v) is 2.76. The van der Waals surface area contributed by atoms with Gasteiger partial charge in [0.1, 0.15) is 0 Å². The minimum atomic E-state index is -0.759. The Balaban J connectivity index is 1.62. The summed E-state index contributed by atoms with van der Waals surface area (Å²) in [6.45, 7) is 1.37. The third kappa shape index (κ3) is 5.24. The van der Waals surface area contributed by atoms with Crippen molar-refractivity contribution in [2.75, 3.05) is 17.2 Å². The van der Waals surface area contributed by atoms with Crippen molar-refractivity contribution in [2.24, 2.45) is 0 Å². The molecule has 0 unspecified atom stereocenters. The maximum absolute atomic E-state index is 12.4. The first-order chi connectivity index (χ1) is 13.9. The molecule has 2 amide bonds. The number of carbonyl (C=O) groups is 3. The molecule has 0 bridgehead atoms. The number of amides is 2. The maximum atomic E-state index is 12.4. The molecule has 0 atom stereocenters. The number of esters is 1. The van der Waals surface area contributed by atoms with Crippen LogP contribution in [0.25, 0.3) is 0 Å². The van der Waals surface area contributed by atoms with Crippen molar-refractivity contribution in [3.8, 4) is 0 Å². The molecule has 0 aliphatic rings. The Morgan fingerprint density at radius 1 is 1.00 bits per heavy atom. The summed E-state index contributed by atoms with van der Waals surface area (Å²) in [5.41, 5.74) is 1.71. The van der Waals surface area contributed by atoms with Crippen molar-refractivity contribution in [3.63, 3.8) is 0 Å². The summed E-state index contributed by atoms with van der Waals surface area (Å²) in [6.07, 6.45) is 1.37. The lowest BCUT2D eigenvalue weighted by Crippen LogP contribution is -2.22. The van der Waals surface area contributed by atoms with E-state index in [2.05, 4.69) is 10.6 Å². The van der Waals surface area contributed by atoms with Crippen LogP contribution in [0, 0.1) is 6.92 Å². The third-order valence-corrected chi connectivity index (χ3v) is 4.19. The maximum Gasteiger partial charge on any atom is 0.340 e. The third-order valence-electron chi connectivity index (χ3n) is 3.87. The smallest absolute Gasteiger partial charge is 0.340 e. The molecule has 0 saturated carbocycles. The molecule has 0 aliphatic heterocycles. The monoisotopic (exact) mass is 412 g/mol. The zero-order chi connectivity index (χ0) is 20.8. The van der Waals surface area contributed by atoms with Gasteiger partial charge in [-0.05, 0) is 48.9 Å². The lowest BCUT2D eigenvalue weighted by molar-refractivity contribution is -0.119. The van der Waals surface area contributed by atoms with Crippen molar-refractivity contribution in [1.29, 1.82) is 0 Å². The number of nitrogens with one attached hydrogen (secondary N) is 2. The molecule has 3 aromatic rings. The van der Waals surface area contributed by atoms with Gasteiger partial charge in [-0.3, -0.25) is 9.59 Å². The molecule has 0 fully saturated rings. The molecule has 148 valence electrons. The van der Waals surface area contributed by atoms with E-state index in [0.29, 0.717) is 10.7 Å². The molecule has 2 aromatic carbocycles. The Labute approximate surface area is 171 Å². The van der Waals surface area contributed by atoms with E-state index < -0.39 is 24.4 Å². The lowest BCUT2D eigenvalue weighted by Gasteiger charge is -2.11. The molecule has 7 nitrogen and oxygen atoms in total. The van der Waals surface area contributed by atoms with Crippen LogP contribution in [0.4, 0.5) is 11.4 Å². The number of halogens is 1. The van der Waals surface area contributed by atoms with Crippen molar-refractivity contribution in [2.45, 2.75) is 6.92 Å². The number of carbonyl (C=O) groups excluding carboxylic acids is 3. The van der Waals surface area contributed by atoms with E-state index in [4.69, 9.17) is 20.8 Å². The molecule has 8 heteroatoms. The highest BCUT2D eigenvalue weighted by molar-refractivity contribution is 6.33. The molecule has 0 saturated heterocycles. The molecule has 0 radical (unpaired) electrons. The molecule has 29 heavy (non-hydrogen) atoms. The summed E-state index contributed by atoms with van der Waals surface area (Å²) in [4.78, 5) is 36.6. The van der Waals surface area contributed by atoms with Crippen LogP contribution in [-0.2, 0) is 9.53 Å². The van der Waals surface area contributed by atoms with E-state index in [1.807, 2.05) is 6.92 Å². The second-order valence-electron chi connectivity index (χ2n) is 6.08. The average molecular weight is 413 g/mol. The van der Waals surface area contributed by atoms with E-state index in [-0.39, 0.29) is 17.0 Å². The molecule has 0 spiro atoms. The van der Waals surface area contributed by atoms with Gasteiger partial charge in [0.2, 0.25) is 0 Å². The number of hydrogen-bond acceptors (Lipinski definition) is 5. The molecular weight excluding hydrogens is 396 g/mol. The molecular formula is C21H17ClN2O5. The topological polar surface area (TPSA) is 97.6 Å². The number of hydrogen-bond donors (Lipinski definition) is 2. The second kappa shape index (κ2) is 9.07. The van der Waals surface area contributed by atoms with E-state index in [9.17, 15) is 14.4 Å². The Morgan fingerprint density at radius 3 is 2.52 bits per heavy atom. The van der Waals surface area contributed by atoms with Crippen LogP contribution < -0.4 is 10.6 Å².